The average Bonchev–Trinajstić information content (AvgIpc) is 2.63. The molecule has 0 aromatic rings. The smallest absolute Gasteiger partial charge is 0.305 e. The third-order valence-electron chi connectivity index (χ3n) is 4.14. The zero-order valence-electron chi connectivity index (χ0n) is 16.3. The van der Waals surface area contributed by atoms with Crippen LogP contribution in [0.2, 0.25) is 0 Å². The van der Waals surface area contributed by atoms with Gasteiger partial charge >= 0.3 is 11.9 Å². The minimum Gasteiger partial charge on any atom is -0.466 e. The van der Waals surface area contributed by atoms with Gasteiger partial charge in [0.05, 0.1) is 13.2 Å². The Morgan fingerprint density at radius 2 is 0.846 bits per heavy atom. The van der Waals surface area contributed by atoms with Gasteiger partial charge < -0.3 is 19.7 Å². The molecule has 0 aliphatic carbocycles. The van der Waals surface area contributed by atoms with Gasteiger partial charge in [-0.3, -0.25) is 9.59 Å². The minimum absolute atomic E-state index is 0.129. The first kappa shape index (κ1) is 24.9. The molecule has 0 heterocycles. The molecule has 26 heavy (non-hydrogen) atoms. The summed E-state index contributed by atoms with van der Waals surface area (Å²) in [6, 6.07) is 0. The Labute approximate surface area is 158 Å². The highest BCUT2D eigenvalue weighted by Crippen LogP contribution is 2.09. The summed E-state index contributed by atoms with van der Waals surface area (Å²) in [7, 11) is 0. The van der Waals surface area contributed by atoms with E-state index in [1.807, 2.05) is 0 Å². The van der Waals surface area contributed by atoms with Crippen molar-refractivity contribution in [3.8, 4) is 0 Å². The van der Waals surface area contributed by atoms with Gasteiger partial charge in [0.15, 0.2) is 0 Å². The van der Waals surface area contributed by atoms with Crippen LogP contribution in [0.15, 0.2) is 0 Å². The van der Waals surface area contributed by atoms with Crippen molar-refractivity contribution in [1.29, 1.82) is 0 Å². The molecule has 0 spiro atoms. The molecule has 0 radical (unpaired) electrons. The molecule has 0 rings (SSSR count). The minimum atomic E-state index is -0.160. The summed E-state index contributed by atoms with van der Waals surface area (Å²) in [5.74, 6) is -0.319. The van der Waals surface area contributed by atoms with Crippen LogP contribution in [0, 0.1) is 0 Å². The van der Waals surface area contributed by atoms with Gasteiger partial charge in [-0.1, -0.05) is 38.5 Å². The number of ether oxygens (including phenoxy) is 2. The first-order chi connectivity index (χ1) is 12.7. The molecule has 0 aliphatic rings. The van der Waals surface area contributed by atoms with Gasteiger partial charge in [0.25, 0.3) is 0 Å². The van der Waals surface area contributed by atoms with Gasteiger partial charge in [-0.05, 0) is 38.5 Å². The summed E-state index contributed by atoms with van der Waals surface area (Å²) in [6.07, 6.45) is 12.2. The van der Waals surface area contributed by atoms with Crippen molar-refractivity contribution in [2.24, 2.45) is 0 Å². The number of carbonyl (C=O) groups is 2. The Hall–Kier alpha value is -1.14. The van der Waals surface area contributed by atoms with Crippen LogP contribution in [-0.4, -0.2) is 48.6 Å². The molecular weight excluding hydrogens is 336 g/mol. The van der Waals surface area contributed by atoms with E-state index in [0.29, 0.717) is 51.7 Å². The highest BCUT2D eigenvalue weighted by atomic mass is 16.5. The second-order valence-corrected chi connectivity index (χ2v) is 6.63. The van der Waals surface area contributed by atoms with E-state index in [0.717, 1.165) is 38.5 Å². The summed E-state index contributed by atoms with van der Waals surface area (Å²) in [6.45, 7) is 1.26. The zero-order valence-corrected chi connectivity index (χ0v) is 16.3. The van der Waals surface area contributed by atoms with Gasteiger partial charge in [0, 0.05) is 26.1 Å². The van der Waals surface area contributed by atoms with Crippen LogP contribution in [0.5, 0.6) is 0 Å². The van der Waals surface area contributed by atoms with Crippen LogP contribution in [-0.2, 0) is 19.1 Å². The third kappa shape index (κ3) is 19.2. The van der Waals surface area contributed by atoms with E-state index in [1.54, 1.807) is 0 Å². The Kier molecular flexibility index (Phi) is 19.3. The summed E-state index contributed by atoms with van der Waals surface area (Å²) >= 11 is 0. The second kappa shape index (κ2) is 20.2. The number of esters is 2. The third-order valence-corrected chi connectivity index (χ3v) is 4.14. The lowest BCUT2D eigenvalue weighted by Crippen LogP contribution is -2.06. The second-order valence-electron chi connectivity index (χ2n) is 6.63. The number of hydrogen-bond acceptors (Lipinski definition) is 6. The van der Waals surface area contributed by atoms with E-state index in [-0.39, 0.29) is 25.2 Å². The molecule has 0 atom stereocenters. The lowest BCUT2D eigenvalue weighted by Gasteiger charge is -2.06. The number of hydrogen-bond donors (Lipinski definition) is 2. The predicted molar refractivity (Wildman–Crippen MR) is 101 cm³/mol. The first-order valence-corrected chi connectivity index (χ1v) is 10.2. The van der Waals surface area contributed by atoms with Crippen molar-refractivity contribution in [3.63, 3.8) is 0 Å². The van der Waals surface area contributed by atoms with Crippen molar-refractivity contribution in [3.05, 3.63) is 0 Å². The molecule has 0 aromatic carbocycles. The van der Waals surface area contributed by atoms with Crippen LogP contribution in [0.25, 0.3) is 0 Å². The van der Waals surface area contributed by atoms with Crippen molar-refractivity contribution in [1.82, 2.24) is 0 Å². The molecule has 0 amide bonds. The Bertz CT molecular complexity index is 300. The van der Waals surface area contributed by atoms with E-state index >= 15 is 0 Å². The van der Waals surface area contributed by atoms with Crippen LogP contribution >= 0.6 is 0 Å². The van der Waals surface area contributed by atoms with Crippen LogP contribution in [0.3, 0.4) is 0 Å². The number of aliphatic hydroxyl groups is 2. The van der Waals surface area contributed by atoms with Crippen LogP contribution in [0.1, 0.15) is 89.9 Å². The Morgan fingerprint density at radius 3 is 1.19 bits per heavy atom. The van der Waals surface area contributed by atoms with E-state index in [9.17, 15) is 9.59 Å². The summed E-state index contributed by atoms with van der Waals surface area (Å²) < 4.78 is 10.3. The highest BCUT2D eigenvalue weighted by molar-refractivity contribution is 5.69. The molecular formula is C20H38O6. The molecule has 6 nitrogen and oxygen atoms in total. The molecule has 0 unspecified atom stereocenters. The molecule has 0 bridgehead atoms. The van der Waals surface area contributed by atoms with Gasteiger partial charge in [0.2, 0.25) is 0 Å². The maximum absolute atomic E-state index is 11.3. The van der Waals surface area contributed by atoms with Crippen molar-refractivity contribution in [2.45, 2.75) is 89.9 Å². The Morgan fingerprint density at radius 1 is 0.500 bits per heavy atom. The lowest BCUT2D eigenvalue weighted by atomic mass is 10.1. The first-order valence-electron chi connectivity index (χ1n) is 10.2. The topological polar surface area (TPSA) is 93.1 Å². The van der Waals surface area contributed by atoms with Crippen LogP contribution < -0.4 is 0 Å². The maximum Gasteiger partial charge on any atom is 0.305 e. The molecule has 0 aliphatic heterocycles. The summed E-state index contributed by atoms with van der Waals surface area (Å²) in [4.78, 5) is 22.7. The SMILES string of the molecule is O=C(CCCCO)OCCCCCCCCCCOC(=O)CCCCO. The molecule has 0 fully saturated rings. The zero-order chi connectivity index (χ0) is 19.3. The van der Waals surface area contributed by atoms with Gasteiger partial charge in [-0.2, -0.15) is 0 Å². The molecule has 6 heteroatoms. The van der Waals surface area contributed by atoms with Gasteiger partial charge in [-0.15, -0.1) is 0 Å². The monoisotopic (exact) mass is 374 g/mol. The van der Waals surface area contributed by atoms with Crippen LogP contribution in [0.4, 0.5) is 0 Å². The van der Waals surface area contributed by atoms with E-state index in [2.05, 4.69) is 0 Å². The van der Waals surface area contributed by atoms with Crippen molar-refractivity contribution in [2.75, 3.05) is 26.4 Å². The summed E-state index contributed by atoms with van der Waals surface area (Å²) in [5.41, 5.74) is 0. The number of carbonyl (C=O) groups excluding carboxylic acids is 2. The van der Waals surface area contributed by atoms with Crippen molar-refractivity contribution >= 4 is 11.9 Å². The molecule has 0 saturated carbocycles. The predicted octanol–water partition coefficient (Wildman–Crippen LogP) is 3.52. The largest absolute Gasteiger partial charge is 0.466 e. The fraction of sp³-hybridized carbons (Fsp3) is 0.900. The quantitative estimate of drug-likeness (QED) is 0.265. The standard InChI is InChI=1S/C20H38O6/c21-15-9-7-13-19(23)25-17-11-5-3-1-2-4-6-12-18-26-20(24)14-8-10-16-22/h21-22H,1-18H2. The number of unbranched alkanes of at least 4 members (excludes halogenated alkanes) is 9. The average molecular weight is 375 g/mol. The highest BCUT2D eigenvalue weighted by Gasteiger charge is 2.03. The summed E-state index contributed by atoms with van der Waals surface area (Å²) in [5, 5.41) is 17.3. The van der Waals surface area contributed by atoms with Gasteiger partial charge in [-0.25, -0.2) is 0 Å². The van der Waals surface area contributed by atoms with E-state index in [1.165, 1.54) is 12.8 Å². The maximum atomic E-state index is 11.3. The molecule has 2 N–H and O–H groups in total. The van der Waals surface area contributed by atoms with Crippen molar-refractivity contribution < 1.29 is 29.3 Å². The number of aliphatic hydroxyl groups excluding tert-OH is 2. The Balaban J connectivity index is 3.17. The van der Waals surface area contributed by atoms with E-state index in [4.69, 9.17) is 19.7 Å². The van der Waals surface area contributed by atoms with Gasteiger partial charge in [0.1, 0.15) is 0 Å². The fourth-order valence-corrected chi connectivity index (χ4v) is 2.54. The lowest BCUT2D eigenvalue weighted by molar-refractivity contribution is -0.144. The fourth-order valence-electron chi connectivity index (χ4n) is 2.54. The normalized spacial score (nSPS) is 10.7. The molecule has 0 saturated heterocycles. The molecule has 0 aromatic heterocycles. The van der Waals surface area contributed by atoms with E-state index < -0.39 is 0 Å². The number of rotatable bonds is 19. The molecule has 154 valence electrons.